The molecule has 0 amide bonds. The lowest BCUT2D eigenvalue weighted by molar-refractivity contribution is 0.479. The highest BCUT2D eigenvalue weighted by molar-refractivity contribution is 5.59. The van der Waals surface area contributed by atoms with Crippen LogP contribution in [0.4, 0.5) is 5.69 Å². The molecule has 0 radical (unpaired) electrons. The molecule has 0 saturated heterocycles. The van der Waals surface area contributed by atoms with Crippen LogP contribution in [0, 0.1) is 0 Å². The van der Waals surface area contributed by atoms with E-state index < -0.39 is 0 Å². The van der Waals surface area contributed by atoms with Crippen molar-refractivity contribution in [3.63, 3.8) is 0 Å². The van der Waals surface area contributed by atoms with Crippen molar-refractivity contribution in [3.8, 4) is 11.5 Å². The Labute approximate surface area is 223 Å². The van der Waals surface area contributed by atoms with E-state index in [1.165, 1.54) is 121 Å². The maximum atomic E-state index is 6.33. The topological polar surface area (TPSA) is 12.5 Å². The van der Waals surface area contributed by atoms with Crippen LogP contribution in [0.3, 0.4) is 0 Å². The number of rotatable bonds is 23. The van der Waals surface area contributed by atoms with Gasteiger partial charge >= 0.3 is 0 Å². The van der Waals surface area contributed by atoms with E-state index in [4.69, 9.17) is 4.74 Å². The molecule has 202 valence electrons. The molecule has 2 aromatic carbocycles. The number of hydrogen-bond acceptors (Lipinski definition) is 2. The molecule has 2 aromatic rings. The Bertz CT molecular complexity index is 722. The summed E-state index contributed by atoms with van der Waals surface area (Å²) in [5.41, 5.74) is 1.25. The predicted molar refractivity (Wildman–Crippen MR) is 160 cm³/mol. The van der Waals surface area contributed by atoms with Gasteiger partial charge in [-0.15, -0.1) is 0 Å². The quantitative estimate of drug-likeness (QED) is 0.143. The lowest BCUT2D eigenvalue weighted by Gasteiger charge is -2.27. The van der Waals surface area contributed by atoms with Gasteiger partial charge in [-0.3, -0.25) is 0 Å². The fourth-order valence-corrected chi connectivity index (χ4v) is 5.00. The molecule has 0 saturated carbocycles. The third-order valence-electron chi connectivity index (χ3n) is 7.24. The monoisotopic (exact) mass is 493 g/mol. The molecule has 2 heteroatoms. The Balaban J connectivity index is 1.83. The van der Waals surface area contributed by atoms with E-state index in [-0.39, 0.29) is 0 Å². The van der Waals surface area contributed by atoms with Crippen LogP contribution >= 0.6 is 0 Å². The maximum absolute atomic E-state index is 6.33. The second kappa shape index (κ2) is 21.2. The van der Waals surface area contributed by atoms with Crippen LogP contribution < -0.4 is 9.64 Å². The van der Waals surface area contributed by atoms with E-state index in [9.17, 15) is 0 Å². The predicted octanol–water partition coefficient (Wildman–Crippen LogP) is 11.3. The highest BCUT2D eigenvalue weighted by atomic mass is 16.5. The van der Waals surface area contributed by atoms with Crippen molar-refractivity contribution >= 4 is 5.69 Å². The van der Waals surface area contributed by atoms with Gasteiger partial charge in [-0.1, -0.05) is 147 Å². The molecule has 0 aliphatic carbocycles. The molecule has 0 aliphatic heterocycles. The van der Waals surface area contributed by atoms with Crippen molar-refractivity contribution in [1.29, 1.82) is 0 Å². The van der Waals surface area contributed by atoms with Gasteiger partial charge in [-0.25, -0.2) is 0 Å². The minimum Gasteiger partial charge on any atom is -0.455 e. The first-order chi connectivity index (χ1) is 17.8. The zero-order valence-corrected chi connectivity index (χ0v) is 23.7. The molecule has 2 rings (SSSR count). The summed E-state index contributed by atoms with van der Waals surface area (Å²) in [4.78, 5) is 2.60. The molecular weight excluding hydrogens is 438 g/mol. The Morgan fingerprint density at radius 3 is 1.39 bits per heavy atom. The van der Waals surface area contributed by atoms with E-state index in [0.717, 1.165) is 24.6 Å². The van der Waals surface area contributed by atoms with E-state index in [0.29, 0.717) is 0 Å². The lowest BCUT2D eigenvalue weighted by Crippen LogP contribution is -2.26. The van der Waals surface area contributed by atoms with Crippen molar-refractivity contribution in [2.75, 3.05) is 18.0 Å². The first-order valence-corrected chi connectivity index (χ1v) is 15.4. The van der Waals surface area contributed by atoms with Gasteiger partial charge in [-0.05, 0) is 37.1 Å². The first-order valence-electron chi connectivity index (χ1n) is 15.4. The standard InChI is InChI=1S/C34H55NO/c1-3-5-7-9-11-13-15-17-24-30-35(31-25-18-16-14-12-10-8-6-4-2)33-28-22-23-29-34(33)36-32-26-20-19-21-27-32/h19-23,26-29H,3-18,24-25,30-31H2,1-2H3. The third kappa shape index (κ3) is 14.0. The molecule has 0 atom stereocenters. The van der Waals surface area contributed by atoms with E-state index >= 15 is 0 Å². The largest absolute Gasteiger partial charge is 0.455 e. The van der Waals surface area contributed by atoms with E-state index in [1.807, 2.05) is 30.3 Å². The van der Waals surface area contributed by atoms with Gasteiger partial charge in [0.25, 0.3) is 0 Å². The van der Waals surface area contributed by atoms with Gasteiger partial charge in [0.15, 0.2) is 5.75 Å². The number of ether oxygens (including phenoxy) is 1. The normalized spacial score (nSPS) is 11.1. The number of unbranched alkanes of at least 4 members (excludes halogenated alkanes) is 16. The minimum absolute atomic E-state index is 0.913. The smallest absolute Gasteiger partial charge is 0.150 e. The SMILES string of the molecule is CCCCCCCCCCCN(CCCCCCCCCCC)c1ccccc1Oc1ccccc1. The van der Waals surface area contributed by atoms with Crippen LogP contribution in [0.25, 0.3) is 0 Å². The molecule has 0 spiro atoms. The Kier molecular flexibility index (Phi) is 17.8. The molecule has 0 fully saturated rings. The summed E-state index contributed by atoms with van der Waals surface area (Å²) < 4.78 is 6.33. The number of nitrogens with zero attached hydrogens (tertiary/aromatic N) is 1. The van der Waals surface area contributed by atoms with Crippen LogP contribution in [0.2, 0.25) is 0 Å². The van der Waals surface area contributed by atoms with Gasteiger partial charge < -0.3 is 9.64 Å². The number of anilines is 1. The molecule has 0 aliphatic rings. The minimum atomic E-state index is 0.913. The highest BCUT2D eigenvalue weighted by Crippen LogP contribution is 2.32. The van der Waals surface area contributed by atoms with Crippen molar-refractivity contribution in [1.82, 2.24) is 0 Å². The average Bonchev–Trinajstić information content (AvgIpc) is 2.91. The van der Waals surface area contributed by atoms with Gasteiger partial charge in [0, 0.05) is 13.1 Å². The summed E-state index contributed by atoms with van der Waals surface area (Å²) in [6.45, 7) is 6.84. The lowest BCUT2D eigenvalue weighted by atomic mass is 10.1. The van der Waals surface area contributed by atoms with Crippen molar-refractivity contribution in [3.05, 3.63) is 54.6 Å². The summed E-state index contributed by atoms with van der Waals surface area (Å²) in [6, 6.07) is 18.8. The van der Waals surface area contributed by atoms with Gasteiger partial charge in [0.1, 0.15) is 5.75 Å². The Morgan fingerprint density at radius 1 is 0.472 bits per heavy atom. The summed E-state index contributed by atoms with van der Waals surface area (Å²) in [5.74, 6) is 1.89. The molecule has 0 N–H and O–H groups in total. The molecular formula is C34H55NO. The summed E-state index contributed by atoms with van der Waals surface area (Å²) in [5, 5.41) is 0. The average molecular weight is 494 g/mol. The molecule has 2 nitrogen and oxygen atoms in total. The van der Waals surface area contributed by atoms with Crippen molar-refractivity contribution in [2.24, 2.45) is 0 Å². The summed E-state index contributed by atoms with van der Waals surface area (Å²) >= 11 is 0. The zero-order chi connectivity index (χ0) is 25.5. The maximum Gasteiger partial charge on any atom is 0.150 e. The molecule has 0 bridgehead atoms. The molecule has 0 aromatic heterocycles. The van der Waals surface area contributed by atoms with E-state index in [2.05, 4.69) is 43.0 Å². The number of hydrogen-bond donors (Lipinski definition) is 0. The van der Waals surface area contributed by atoms with Crippen LogP contribution in [-0.2, 0) is 0 Å². The molecule has 0 unspecified atom stereocenters. The van der Waals surface area contributed by atoms with Crippen LogP contribution in [0.15, 0.2) is 54.6 Å². The second-order valence-corrected chi connectivity index (χ2v) is 10.5. The number of benzene rings is 2. The van der Waals surface area contributed by atoms with Crippen LogP contribution in [0.5, 0.6) is 11.5 Å². The molecule has 36 heavy (non-hydrogen) atoms. The van der Waals surface area contributed by atoms with Gasteiger partial charge in [0.2, 0.25) is 0 Å². The van der Waals surface area contributed by atoms with Crippen LogP contribution in [0.1, 0.15) is 129 Å². The zero-order valence-electron chi connectivity index (χ0n) is 23.7. The second-order valence-electron chi connectivity index (χ2n) is 10.5. The summed E-state index contributed by atoms with van der Waals surface area (Å²) in [6.07, 6.45) is 24.7. The van der Waals surface area contributed by atoms with Gasteiger partial charge in [-0.2, -0.15) is 0 Å². The summed E-state index contributed by atoms with van der Waals surface area (Å²) in [7, 11) is 0. The molecule has 0 heterocycles. The first kappa shape index (κ1) is 30.3. The van der Waals surface area contributed by atoms with Crippen molar-refractivity contribution in [2.45, 2.75) is 129 Å². The van der Waals surface area contributed by atoms with Crippen LogP contribution in [-0.4, -0.2) is 13.1 Å². The van der Waals surface area contributed by atoms with E-state index in [1.54, 1.807) is 0 Å². The Hall–Kier alpha value is -1.96. The third-order valence-corrected chi connectivity index (χ3v) is 7.24. The fraction of sp³-hybridized carbons (Fsp3) is 0.647. The van der Waals surface area contributed by atoms with Gasteiger partial charge in [0.05, 0.1) is 5.69 Å². The highest BCUT2D eigenvalue weighted by Gasteiger charge is 2.13. The Morgan fingerprint density at radius 2 is 0.889 bits per heavy atom. The number of para-hydroxylation sites is 3. The van der Waals surface area contributed by atoms with Crippen molar-refractivity contribution < 1.29 is 4.74 Å². The fourth-order valence-electron chi connectivity index (χ4n) is 5.00.